The Bertz CT molecular complexity index is 838. The largest absolute Gasteiger partial charge is 0.416 e. The van der Waals surface area contributed by atoms with Gasteiger partial charge in [-0.15, -0.1) is 0 Å². The van der Waals surface area contributed by atoms with E-state index in [-0.39, 0.29) is 29.1 Å². The van der Waals surface area contributed by atoms with E-state index in [4.69, 9.17) is 4.11 Å². The smallest absolute Gasteiger partial charge is 0.390 e. The van der Waals surface area contributed by atoms with Crippen LogP contribution in [0, 0.1) is 40.4 Å². The molecule has 4 aliphatic rings. The molecule has 3 fully saturated rings. The number of hydrogen-bond acceptors (Lipinski definition) is 2. The lowest BCUT2D eigenvalue weighted by atomic mass is 9.46. The van der Waals surface area contributed by atoms with Crippen molar-refractivity contribution in [1.82, 2.24) is 0 Å². The van der Waals surface area contributed by atoms with Crippen molar-refractivity contribution >= 4 is 0 Å². The maximum absolute atomic E-state index is 13.5. The molecule has 184 valence electrons. The number of allylic oxidation sites excluding steroid dienone is 1. The van der Waals surface area contributed by atoms with Crippen molar-refractivity contribution in [2.75, 3.05) is 0 Å². The van der Waals surface area contributed by atoms with Crippen LogP contribution in [0.25, 0.3) is 0 Å². The van der Waals surface area contributed by atoms with Gasteiger partial charge in [-0.2, -0.15) is 13.2 Å². The van der Waals surface area contributed by atoms with Crippen molar-refractivity contribution in [3.05, 3.63) is 11.6 Å². The van der Waals surface area contributed by atoms with E-state index in [0.29, 0.717) is 17.8 Å². The topological polar surface area (TPSA) is 40.5 Å². The summed E-state index contributed by atoms with van der Waals surface area (Å²) >= 11 is 0. The predicted octanol–water partition coefficient (Wildman–Crippen LogP) is 7.05. The van der Waals surface area contributed by atoms with E-state index in [1.807, 2.05) is 13.8 Å². The van der Waals surface area contributed by atoms with Crippen molar-refractivity contribution in [2.24, 2.45) is 40.4 Å². The van der Waals surface area contributed by atoms with Crippen LogP contribution in [0.2, 0.25) is 0 Å². The average Bonchev–Trinajstić information content (AvgIpc) is 3.07. The van der Waals surface area contributed by atoms with Crippen LogP contribution >= 0.6 is 0 Å². The van der Waals surface area contributed by atoms with Gasteiger partial charge in [0.2, 0.25) is 0 Å². The van der Waals surface area contributed by atoms with E-state index in [1.165, 1.54) is 5.57 Å². The summed E-state index contributed by atoms with van der Waals surface area (Å²) in [5, 5.41) is 20.8. The van der Waals surface area contributed by atoms with Crippen LogP contribution in [0.15, 0.2) is 11.6 Å². The van der Waals surface area contributed by atoms with E-state index in [9.17, 15) is 23.4 Å². The van der Waals surface area contributed by atoms with Gasteiger partial charge in [0.25, 0.3) is 0 Å². The molecule has 0 aromatic rings. The standard InChI is InChI=1S/C27H43F3O2/c1-17(10-13-26(5,32)27(28,29)30)20-8-9-21-19-7-6-18-16-23(2,31)14-15-24(18,3)22(19)11-12-25(20,21)4/h6,17,19-22,31-32H,7-16H2,1-5H3/t17-,19+,20-,21+,22+,23+,24+,25-,26?/m1/s1/i5D3. The van der Waals surface area contributed by atoms with Crippen LogP contribution in [0.4, 0.5) is 13.2 Å². The fourth-order valence-corrected chi connectivity index (χ4v) is 8.56. The molecule has 0 heterocycles. The Kier molecular flexibility index (Phi) is 5.02. The molecule has 0 aliphatic heterocycles. The Labute approximate surface area is 196 Å². The monoisotopic (exact) mass is 459 g/mol. The maximum atomic E-state index is 13.5. The number of rotatable bonds is 4. The van der Waals surface area contributed by atoms with Gasteiger partial charge in [-0.1, -0.05) is 32.4 Å². The fraction of sp³-hybridized carbons (Fsp3) is 0.926. The molecule has 1 unspecified atom stereocenters. The molecule has 4 rings (SSSR count). The van der Waals surface area contributed by atoms with Crippen LogP contribution in [0.1, 0.15) is 103 Å². The lowest BCUT2D eigenvalue weighted by Crippen LogP contribution is -2.52. The lowest BCUT2D eigenvalue weighted by Gasteiger charge is -2.59. The molecule has 3 saturated carbocycles. The molecule has 0 radical (unpaired) electrons. The van der Waals surface area contributed by atoms with E-state index in [2.05, 4.69) is 19.9 Å². The Hall–Kier alpha value is -0.550. The molecule has 4 aliphatic carbocycles. The summed E-state index contributed by atoms with van der Waals surface area (Å²) in [6, 6.07) is 0. The molecular weight excluding hydrogens is 413 g/mol. The molecule has 0 amide bonds. The molecule has 0 saturated heterocycles. The molecule has 2 N–H and O–H groups in total. The zero-order valence-corrected chi connectivity index (χ0v) is 20.1. The Morgan fingerprint density at radius 3 is 2.50 bits per heavy atom. The highest BCUT2D eigenvalue weighted by molar-refractivity contribution is 5.26. The number of aliphatic hydroxyl groups is 2. The summed E-state index contributed by atoms with van der Waals surface area (Å²) in [6.07, 6.45) is 4.18. The molecule has 9 atom stereocenters. The number of hydrogen-bond donors (Lipinski definition) is 2. The highest BCUT2D eigenvalue weighted by Crippen LogP contribution is 2.67. The second-order valence-corrected chi connectivity index (χ2v) is 12.5. The second-order valence-electron chi connectivity index (χ2n) is 12.5. The number of alkyl halides is 3. The van der Waals surface area contributed by atoms with E-state index < -0.39 is 30.7 Å². The van der Waals surface area contributed by atoms with Crippen LogP contribution in [-0.2, 0) is 0 Å². The molecule has 0 aromatic heterocycles. The van der Waals surface area contributed by atoms with Crippen LogP contribution in [-0.4, -0.2) is 27.6 Å². The zero-order chi connectivity index (χ0) is 26.2. The van der Waals surface area contributed by atoms with Gasteiger partial charge in [-0.25, -0.2) is 0 Å². The van der Waals surface area contributed by atoms with Crippen molar-refractivity contribution in [3.8, 4) is 0 Å². The van der Waals surface area contributed by atoms with Gasteiger partial charge in [0.15, 0.2) is 5.60 Å². The summed E-state index contributed by atoms with van der Waals surface area (Å²) in [6.45, 7) is 5.08. The van der Waals surface area contributed by atoms with Crippen molar-refractivity contribution < 1.29 is 27.5 Å². The molecular formula is C27H43F3O2. The Morgan fingerprint density at radius 2 is 1.84 bits per heavy atom. The summed E-state index contributed by atoms with van der Waals surface area (Å²) in [5.74, 6) is 1.78. The summed E-state index contributed by atoms with van der Waals surface area (Å²) < 4.78 is 62.7. The Morgan fingerprint density at radius 1 is 1.12 bits per heavy atom. The van der Waals surface area contributed by atoms with Gasteiger partial charge in [0.05, 0.1) is 5.60 Å². The van der Waals surface area contributed by atoms with Gasteiger partial charge in [-0.05, 0) is 118 Å². The van der Waals surface area contributed by atoms with E-state index >= 15 is 0 Å². The van der Waals surface area contributed by atoms with Crippen LogP contribution < -0.4 is 0 Å². The summed E-state index contributed by atoms with van der Waals surface area (Å²) in [7, 11) is 0. The third-order valence-corrected chi connectivity index (χ3v) is 10.6. The lowest BCUT2D eigenvalue weighted by molar-refractivity contribution is -0.256. The van der Waals surface area contributed by atoms with Crippen molar-refractivity contribution in [3.63, 3.8) is 0 Å². The van der Waals surface area contributed by atoms with Gasteiger partial charge in [-0.3, -0.25) is 0 Å². The SMILES string of the molecule is [2H]C([2H])([2H])C(O)(CC[C@@H](C)[C@H]1CC[C@H]2[C@@H]3CC=C4C[C@@](C)(O)CC[C@]4(C)[C@H]3CC[C@]12C)C(F)(F)F. The van der Waals surface area contributed by atoms with Crippen molar-refractivity contribution in [2.45, 2.75) is 116 Å². The third-order valence-electron chi connectivity index (χ3n) is 10.6. The maximum Gasteiger partial charge on any atom is 0.416 e. The minimum Gasteiger partial charge on any atom is -0.390 e. The molecule has 32 heavy (non-hydrogen) atoms. The van der Waals surface area contributed by atoms with Gasteiger partial charge in [0, 0.05) is 4.11 Å². The molecule has 0 bridgehead atoms. The highest BCUT2D eigenvalue weighted by atomic mass is 19.4. The second kappa shape index (κ2) is 7.73. The van der Waals surface area contributed by atoms with Gasteiger partial charge < -0.3 is 10.2 Å². The van der Waals surface area contributed by atoms with E-state index in [0.717, 1.165) is 51.4 Å². The minimum atomic E-state index is -5.19. The predicted molar refractivity (Wildman–Crippen MR) is 121 cm³/mol. The molecule has 0 aromatic carbocycles. The quantitative estimate of drug-likeness (QED) is 0.442. The zero-order valence-electron chi connectivity index (χ0n) is 23.1. The van der Waals surface area contributed by atoms with Crippen LogP contribution in [0.5, 0.6) is 0 Å². The highest BCUT2D eigenvalue weighted by Gasteiger charge is 2.60. The van der Waals surface area contributed by atoms with E-state index in [1.54, 1.807) is 0 Å². The Balaban J connectivity index is 1.50. The average molecular weight is 460 g/mol. The molecule has 0 spiro atoms. The minimum absolute atomic E-state index is 0.0266. The molecule has 2 nitrogen and oxygen atoms in total. The van der Waals surface area contributed by atoms with Gasteiger partial charge >= 0.3 is 6.18 Å². The first-order chi connectivity index (χ1) is 15.9. The fourth-order valence-electron chi connectivity index (χ4n) is 8.56. The third kappa shape index (κ3) is 3.87. The summed E-state index contributed by atoms with van der Waals surface area (Å²) in [5.41, 5.74) is -2.72. The first-order valence-corrected chi connectivity index (χ1v) is 12.6. The van der Waals surface area contributed by atoms with Crippen molar-refractivity contribution in [1.29, 1.82) is 0 Å². The molecule has 5 heteroatoms. The first kappa shape index (κ1) is 20.8. The van der Waals surface area contributed by atoms with Crippen LogP contribution in [0.3, 0.4) is 0 Å². The van der Waals surface area contributed by atoms with Gasteiger partial charge in [0.1, 0.15) is 0 Å². The summed E-state index contributed by atoms with van der Waals surface area (Å²) in [4.78, 5) is 0. The number of fused-ring (bicyclic) bond motifs is 5. The first-order valence-electron chi connectivity index (χ1n) is 14.1. The number of halogens is 3. The normalized spacial score (nSPS) is 48.8.